The smallest absolute Gasteiger partial charge is 0.336 e. The molecular formula is C27H19N3O7. The summed E-state index contributed by atoms with van der Waals surface area (Å²) in [5, 5.41) is 12.9. The molecule has 1 saturated heterocycles. The number of benzene rings is 3. The van der Waals surface area contributed by atoms with Crippen LogP contribution < -0.4 is 15.0 Å². The van der Waals surface area contributed by atoms with Crippen molar-refractivity contribution >= 4 is 47.3 Å². The largest absolute Gasteiger partial charge is 0.423 e. The van der Waals surface area contributed by atoms with E-state index in [2.05, 4.69) is 5.32 Å². The summed E-state index contributed by atoms with van der Waals surface area (Å²) in [4.78, 5) is 61.6. The Morgan fingerprint density at radius 2 is 1.73 bits per heavy atom. The van der Waals surface area contributed by atoms with Crippen LogP contribution in [0, 0.1) is 17.0 Å². The average Bonchev–Trinajstić information content (AvgIpc) is 2.86. The number of anilines is 1. The van der Waals surface area contributed by atoms with Gasteiger partial charge in [0, 0.05) is 23.8 Å². The molecule has 0 aromatic heterocycles. The first-order valence-corrected chi connectivity index (χ1v) is 10.9. The van der Waals surface area contributed by atoms with Crippen LogP contribution in [0.3, 0.4) is 0 Å². The third kappa shape index (κ3) is 5.65. The first kappa shape index (κ1) is 24.7. The number of nitrogens with one attached hydrogen (secondary N) is 1. The number of nitro benzene ring substituents is 1. The molecule has 3 aromatic rings. The number of non-ortho nitro benzene ring substituents is 1. The van der Waals surface area contributed by atoms with Crippen LogP contribution in [0.25, 0.3) is 12.2 Å². The monoisotopic (exact) mass is 497 g/mol. The van der Waals surface area contributed by atoms with Gasteiger partial charge >= 0.3 is 12.0 Å². The van der Waals surface area contributed by atoms with Crippen LogP contribution in [0.15, 0.2) is 84.4 Å². The summed E-state index contributed by atoms with van der Waals surface area (Å²) in [6.07, 6.45) is 3.81. The number of aryl methyl sites for hydroxylation is 1. The summed E-state index contributed by atoms with van der Waals surface area (Å²) in [5.74, 6) is -2.37. The van der Waals surface area contributed by atoms with Crippen LogP contribution in [-0.2, 0) is 14.4 Å². The van der Waals surface area contributed by atoms with Crippen molar-refractivity contribution in [3.63, 3.8) is 0 Å². The lowest BCUT2D eigenvalue weighted by Crippen LogP contribution is -2.54. The van der Waals surface area contributed by atoms with Gasteiger partial charge in [0.25, 0.3) is 17.5 Å². The lowest BCUT2D eigenvalue weighted by atomic mass is 10.1. The van der Waals surface area contributed by atoms with Crippen LogP contribution in [0.4, 0.5) is 16.2 Å². The van der Waals surface area contributed by atoms with E-state index in [9.17, 15) is 29.3 Å². The summed E-state index contributed by atoms with van der Waals surface area (Å²) in [7, 11) is 0. The molecule has 1 aliphatic heterocycles. The molecule has 0 aliphatic carbocycles. The molecule has 10 nitrogen and oxygen atoms in total. The molecule has 4 amide bonds. The molecule has 1 heterocycles. The quantitative estimate of drug-likeness (QED) is 0.135. The lowest BCUT2D eigenvalue weighted by molar-refractivity contribution is -0.384. The molecule has 4 rings (SSSR count). The molecule has 1 fully saturated rings. The zero-order valence-electron chi connectivity index (χ0n) is 19.4. The number of nitrogens with zero attached hydrogens (tertiary/aromatic N) is 2. The van der Waals surface area contributed by atoms with Crippen LogP contribution in [0.5, 0.6) is 5.75 Å². The molecule has 0 spiro atoms. The lowest BCUT2D eigenvalue weighted by Gasteiger charge is -2.26. The Balaban J connectivity index is 1.57. The number of nitro groups is 1. The normalized spacial score (nSPS) is 14.7. The van der Waals surface area contributed by atoms with E-state index in [0.717, 1.165) is 16.5 Å². The molecule has 0 saturated carbocycles. The molecule has 1 N–H and O–H groups in total. The van der Waals surface area contributed by atoms with E-state index in [0.29, 0.717) is 11.3 Å². The van der Waals surface area contributed by atoms with Gasteiger partial charge < -0.3 is 4.74 Å². The Hall–Kier alpha value is -5.38. The first-order valence-electron chi connectivity index (χ1n) is 10.9. The Morgan fingerprint density at radius 3 is 2.43 bits per heavy atom. The molecule has 3 aromatic carbocycles. The number of rotatable bonds is 6. The van der Waals surface area contributed by atoms with E-state index < -0.39 is 28.7 Å². The van der Waals surface area contributed by atoms with Gasteiger partial charge in [-0.25, -0.2) is 14.5 Å². The maximum Gasteiger partial charge on any atom is 0.336 e. The second-order valence-electron chi connectivity index (χ2n) is 7.94. The van der Waals surface area contributed by atoms with Gasteiger partial charge in [0.2, 0.25) is 0 Å². The summed E-state index contributed by atoms with van der Waals surface area (Å²) < 4.78 is 5.39. The van der Waals surface area contributed by atoms with E-state index in [4.69, 9.17) is 4.74 Å². The predicted molar refractivity (Wildman–Crippen MR) is 134 cm³/mol. The number of hydrogen-bond acceptors (Lipinski definition) is 7. The number of ether oxygens (including phenoxy) is 1. The van der Waals surface area contributed by atoms with Crippen molar-refractivity contribution in [2.45, 2.75) is 6.92 Å². The maximum atomic E-state index is 13.1. The Labute approximate surface area is 210 Å². The van der Waals surface area contributed by atoms with Gasteiger partial charge in [-0.1, -0.05) is 30.3 Å². The number of esters is 1. The van der Waals surface area contributed by atoms with Crippen LogP contribution in [0.2, 0.25) is 0 Å². The number of carbonyl (C=O) groups excluding carboxylic acids is 4. The molecule has 37 heavy (non-hydrogen) atoms. The molecular weight excluding hydrogens is 478 g/mol. The Bertz CT molecular complexity index is 1490. The summed E-state index contributed by atoms with van der Waals surface area (Å²) in [6, 6.07) is 17.7. The number of amides is 4. The number of carbonyl (C=O) groups is 4. The van der Waals surface area contributed by atoms with Gasteiger partial charge in [-0.15, -0.1) is 0 Å². The highest BCUT2D eigenvalue weighted by atomic mass is 16.6. The molecule has 10 heteroatoms. The van der Waals surface area contributed by atoms with E-state index >= 15 is 0 Å². The van der Waals surface area contributed by atoms with Crippen molar-refractivity contribution in [3.05, 3.63) is 111 Å². The third-order valence-corrected chi connectivity index (χ3v) is 5.31. The number of barbiturate groups is 1. The minimum absolute atomic E-state index is 0.0768. The van der Waals surface area contributed by atoms with E-state index in [1.807, 2.05) is 0 Å². The highest BCUT2D eigenvalue weighted by Crippen LogP contribution is 2.26. The Kier molecular flexibility index (Phi) is 7.01. The van der Waals surface area contributed by atoms with Gasteiger partial charge in [-0.2, -0.15) is 0 Å². The van der Waals surface area contributed by atoms with Crippen LogP contribution in [0.1, 0.15) is 16.7 Å². The molecule has 0 bridgehead atoms. The average molecular weight is 497 g/mol. The topological polar surface area (TPSA) is 136 Å². The molecule has 1 aliphatic rings. The third-order valence-electron chi connectivity index (χ3n) is 5.31. The van der Waals surface area contributed by atoms with Gasteiger partial charge in [-0.05, 0) is 60.5 Å². The summed E-state index contributed by atoms with van der Waals surface area (Å²) >= 11 is 0. The van der Waals surface area contributed by atoms with Crippen molar-refractivity contribution in [3.8, 4) is 5.75 Å². The van der Waals surface area contributed by atoms with Crippen molar-refractivity contribution in [2.75, 3.05) is 4.90 Å². The van der Waals surface area contributed by atoms with E-state index in [1.165, 1.54) is 42.5 Å². The maximum absolute atomic E-state index is 13.1. The fraction of sp³-hybridized carbons (Fsp3) is 0.0370. The molecule has 184 valence electrons. The highest BCUT2D eigenvalue weighted by molar-refractivity contribution is 6.39. The van der Waals surface area contributed by atoms with Crippen molar-refractivity contribution in [1.82, 2.24) is 5.32 Å². The molecule has 0 radical (unpaired) electrons. The van der Waals surface area contributed by atoms with Crippen molar-refractivity contribution < 1.29 is 28.8 Å². The molecule has 0 atom stereocenters. The fourth-order valence-corrected chi connectivity index (χ4v) is 3.52. The summed E-state index contributed by atoms with van der Waals surface area (Å²) in [5.41, 5.74) is 1.54. The number of hydrogen-bond donors (Lipinski definition) is 1. The zero-order valence-corrected chi connectivity index (χ0v) is 19.4. The van der Waals surface area contributed by atoms with Crippen molar-refractivity contribution in [1.29, 1.82) is 0 Å². The van der Waals surface area contributed by atoms with Gasteiger partial charge in [-0.3, -0.25) is 25.0 Å². The predicted octanol–water partition coefficient (Wildman–Crippen LogP) is 4.19. The Morgan fingerprint density at radius 1 is 1.00 bits per heavy atom. The number of imide groups is 2. The van der Waals surface area contributed by atoms with Crippen LogP contribution in [-0.4, -0.2) is 28.7 Å². The SMILES string of the molecule is Cc1cccc(N2C(=O)NC(=O)/C(=C/c3ccccc3OC(=O)/C=C/c3ccc([N+](=O)[O-])cc3)C2=O)c1. The fourth-order valence-electron chi connectivity index (χ4n) is 3.52. The van der Waals surface area contributed by atoms with Crippen molar-refractivity contribution in [2.24, 2.45) is 0 Å². The molecule has 0 unspecified atom stereocenters. The van der Waals surface area contributed by atoms with E-state index in [-0.39, 0.29) is 22.6 Å². The highest BCUT2D eigenvalue weighted by Gasteiger charge is 2.37. The zero-order chi connectivity index (χ0) is 26.5. The minimum atomic E-state index is -0.877. The van der Waals surface area contributed by atoms with Gasteiger partial charge in [0.1, 0.15) is 11.3 Å². The second kappa shape index (κ2) is 10.5. The van der Waals surface area contributed by atoms with Gasteiger partial charge in [0.15, 0.2) is 0 Å². The number of para-hydroxylation sites is 1. The van der Waals surface area contributed by atoms with E-state index in [1.54, 1.807) is 49.4 Å². The van der Waals surface area contributed by atoms with Crippen LogP contribution >= 0.6 is 0 Å². The van der Waals surface area contributed by atoms with Gasteiger partial charge in [0.05, 0.1) is 10.6 Å². The first-order chi connectivity index (χ1) is 17.7. The minimum Gasteiger partial charge on any atom is -0.423 e. The summed E-state index contributed by atoms with van der Waals surface area (Å²) in [6.45, 7) is 1.80. The number of urea groups is 1. The second-order valence-corrected chi connectivity index (χ2v) is 7.94. The standard InChI is InChI=1S/C27H19N3O7/c1-17-5-4-7-21(15-17)29-26(33)22(25(32)28-27(29)34)16-19-6-2-3-8-23(19)37-24(31)14-11-18-9-12-20(13-10-18)30(35)36/h2-16H,1H3,(H,28,32,34)/b14-11+,22-16-.